The zero-order chi connectivity index (χ0) is 6.97. The van der Waals surface area contributed by atoms with Crippen molar-refractivity contribution >= 4 is 17.9 Å². The highest BCUT2D eigenvalue weighted by Gasteiger charge is 2.05. The molecule has 1 aliphatic heterocycles. The molecule has 1 aliphatic rings. The minimum Gasteiger partial charge on any atom is -0.312 e. The van der Waals surface area contributed by atoms with Gasteiger partial charge in [-0.05, 0) is 6.08 Å². The van der Waals surface area contributed by atoms with Crippen molar-refractivity contribution in [2.45, 2.75) is 6.67 Å². The minimum absolute atomic E-state index is 0.674. The van der Waals surface area contributed by atoms with Gasteiger partial charge in [-0.15, -0.1) is 0 Å². The Hall–Kier alpha value is -0.960. The number of halogens is 1. The van der Waals surface area contributed by atoms with Crippen LogP contribution < -0.4 is 0 Å². The molecule has 0 unspecified atom stereocenters. The number of fused-ring (bicyclic) bond motifs is 1. The van der Waals surface area contributed by atoms with Gasteiger partial charge in [0, 0.05) is 30.4 Å². The molecule has 0 bridgehead atoms. The second-order valence-corrected chi connectivity index (χ2v) is 2.55. The van der Waals surface area contributed by atoms with Crippen molar-refractivity contribution in [2.24, 2.45) is 0 Å². The van der Waals surface area contributed by atoms with Crippen molar-refractivity contribution < 1.29 is 0 Å². The molecule has 0 saturated carbocycles. The van der Waals surface area contributed by atoms with Crippen molar-refractivity contribution in [3.63, 3.8) is 0 Å². The molecule has 4 heteroatoms. The number of hydrogen-bond donors (Lipinski definition) is 0. The summed E-state index contributed by atoms with van der Waals surface area (Å²) < 4.78 is 3.54. The average Bonchev–Trinajstić information content (AvgIpc) is 2.33. The van der Waals surface area contributed by atoms with Gasteiger partial charge < -0.3 is 4.57 Å². The van der Waals surface area contributed by atoms with E-state index in [0.29, 0.717) is 6.67 Å². The fourth-order valence-electron chi connectivity index (χ4n) is 0.939. The summed E-state index contributed by atoms with van der Waals surface area (Å²) in [6, 6.07) is 0. The minimum atomic E-state index is 0.674. The number of nitrogens with zero attached hydrogens (tertiary/aromatic N) is 3. The molecule has 0 atom stereocenters. The Morgan fingerprint density at radius 1 is 1.60 bits per heavy atom. The molecule has 3 nitrogen and oxygen atoms in total. The standard InChI is InChI=1S/C6H6ClN3/c7-10-3-1-6-8-2-4-9(6)5-10/h1-4H,5H2. The van der Waals surface area contributed by atoms with Crippen LogP contribution in [-0.2, 0) is 6.67 Å². The number of rotatable bonds is 0. The Labute approximate surface area is 63.6 Å². The van der Waals surface area contributed by atoms with Crippen LogP contribution in [0.25, 0.3) is 6.08 Å². The fraction of sp³-hybridized carbons (Fsp3) is 0.167. The van der Waals surface area contributed by atoms with Crippen LogP contribution in [0.3, 0.4) is 0 Å². The lowest BCUT2D eigenvalue weighted by molar-refractivity contribution is 0.460. The summed E-state index contributed by atoms with van der Waals surface area (Å²) in [5.74, 6) is 0.955. The maximum atomic E-state index is 5.70. The molecule has 0 fully saturated rings. The van der Waals surface area contributed by atoms with Gasteiger partial charge in [0.15, 0.2) is 0 Å². The molecular formula is C6H6ClN3. The summed E-state index contributed by atoms with van der Waals surface area (Å²) in [6.07, 6.45) is 7.32. The third kappa shape index (κ3) is 0.789. The van der Waals surface area contributed by atoms with Gasteiger partial charge in [0.25, 0.3) is 0 Å². The Bertz CT molecular complexity index is 266. The number of aromatic nitrogens is 2. The van der Waals surface area contributed by atoms with Crippen LogP contribution in [0.2, 0.25) is 0 Å². The highest BCUT2D eigenvalue weighted by atomic mass is 35.5. The van der Waals surface area contributed by atoms with Crippen LogP contribution in [0.5, 0.6) is 0 Å². The molecule has 52 valence electrons. The summed E-state index contributed by atoms with van der Waals surface area (Å²) in [5.41, 5.74) is 0. The number of imidazole rings is 1. The summed E-state index contributed by atoms with van der Waals surface area (Å²) in [6.45, 7) is 0.674. The lowest BCUT2D eigenvalue weighted by Crippen LogP contribution is -2.15. The van der Waals surface area contributed by atoms with E-state index in [4.69, 9.17) is 11.8 Å². The van der Waals surface area contributed by atoms with Crippen LogP contribution >= 0.6 is 11.8 Å². The predicted molar refractivity (Wildman–Crippen MR) is 39.0 cm³/mol. The lowest BCUT2D eigenvalue weighted by Gasteiger charge is -2.16. The van der Waals surface area contributed by atoms with Gasteiger partial charge in [0.05, 0.1) is 0 Å². The fourth-order valence-corrected chi connectivity index (χ4v) is 1.11. The Balaban J connectivity index is 2.43. The van der Waals surface area contributed by atoms with E-state index in [-0.39, 0.29) is 0 Å². The molecule has 2 rings (SSSR count). The monoisotopic (exact) mass is 155 g/mol. The summed E-state index contributed by atoms with van der Waals surface area (Å²) in [7, 11) is 0. The molecule has 0 amide bonds. The van der Waals surface area contributed by atoms with Crippen molar-refractivity contribution in [2.75, 3.05) is 0 Å². The molecule has 0 aromatic carbocycles. The van der Waals surface area contributed by atoms with E-state index in [1.54, 1.807) is 16.8 Å². The molecule has 0 spiro atoms. The molecule has 0 N–H and O–H groups in total. The first-order chi connectivity index (χ1) is 4.86. The highest BCUT2D eigenvalue weighted by molar-refractivity contribution is 6.14. The molecule has 0 aliphatic carbocycles. The average molecular weight is 156 g/mol. The zero-order valence-corrected chi connectivity index (χ0v) is 5.99. The Kier molecular flexibility index (Phi) is 1.17. The zero-order valence-electron chi connectivity index (χ0n) is 5.24. The molecule has 0 saturated heterocycles. The van der Waals surface area contributed by atoms with E-state index < -0.39 is 0 Å². The number of hydrogen-bond acceptors (Lipinski definition) is 2. The smallest absolute Gasteiger partial charge is 0.135 e. The first-order valence-electron chi connectivity index (χ1n) is 2.98. The van der Waals surface area contributed by atoms with E-state index in [9.17, 15) is 0 Å². The van der Waals surface area contributed by atoms with Crippen LogP contribution in [0, 0.1) is 0 Å². The summed E-state index contributed by atoms with van der Waals surface area (Å²) >= 11 is 5.70. The predicted octanol–water partition coefficient (Wildman–Crippen LogP) is 1.28. The van der Waals surface area contributed by atoms with Crippen molar-refractivity contribution in [3.05, 3.63) is 24.4 Å². The third-order valence-electron chi connectivity index (χ3n) is 1.42. The topological polar surface area (TPSA) is 21.1 Å². The first kappa shape index (κ1) is 5.80. The van der Waals surface area contributed by atoms with Crippen LogP contribution in [0.4, 0.5) is 0 Å². The first-order valence-corrected chi connectivity index (χ1v) is 3.32. The molecule has 2 heterocycles. The molecule has 0 radical (unpaired) electrons. The van der Waals surface area contributed by atoms with Gasteiger partial charge >= 0.3 is 0 Å². The van der Waals surface area contributed by atoms with Crippen LogP contribution in [0.15, 0.2) is 18.6 Å². The molecule has 1 aromatic rings. The van der Waals surface area contributed by atoms with Gasteiger partial charge in [-0.25, -0.2) is 4.98 Å². The summed E-state index contributed by atoms with van der Waals surface area (Å²) in [4.78, 5) is 4.08. The molecule has 1 aromatic heterocycles. The summed E-state index contributed by atoms with van der Waals surface area (Å²) in [5, 5.41) is 0. The second-order valence-electron chi connectivity index (χ2n) is 2.11. The van der Waals surface area contributed by atoms with Gasteiger partial charge in [0.2, 0.25) is 0 Å². The second kappa shape index (κ2) is 2.02. The normalized spacial score (nSPS) is 15.5. The SMILES string of the molecule is ClN1C=Cc2nccn2C1. The maximum absolute atomic E-state index is 5.70. The largest absolute Gasteiger partial charge is 0.312 e. The Morgan fingerprint density at radius 3 is 3.40 bits per heavy atom. The van der Waals surface area contributed by atoms with Gasteiger partial charge in [0.1, 0.15) is 12.5 Å². The van der Waals surface area contributed by atoms with E-state index in [2.05, 4.69) is 4.98 Å². The van der Waals surface area contributed by atoms with E-state index in [1.807, 2.05) is 16.8 Å². The van der Waals surface area contributed by atoms with Gasteiger partial charge in [-0.1, -0.05) is 0 Å². The lowest BCUT2D eigenvalue weighted by atomic mass is 10.5. The highest BCUT2D eigenvalue weighted by Crippen LogP contribution is 2.11. The van der Waals surface area contributed by atoms with Crippen molar-refractivity contribution in [3.8, 4) is 0 Å². The van der Waals surface area contributed by atoms with Crippen LogP contribution in [0.1, 0.15) is 5.82 Å². The van der Waals surface area contributed by atoms with E-state index in [1.165, 1.54) is 0 Å². The van der Waals surface area contributed by atoms with Crippen molar-refractivity contribution in [1.82, 2.24) is 14.0 Å². The van der Waals surface area contributed by atoms with Crippen molar-refractivity contribution in [1.29, 1.82) is 0 Å². The van der Waals surface area contributed by atoms with Gasteiger partial charge in [-0.3, -0.25) is 4.42 Å². The quantitative estimate of drug-likeness (QED) is 0.527. The third-order valence-corrected chi connectivity index (χ3v) is 1.64. The Morgan fingerprint density at radius 2 is 2.50 bits per heavy atom. The molecule has 10 heavy (non-hydrogen) atoms. The van der Waals surface area contributed by atoms with E-state index >= 15 is 0 Å². The van der Waals surface area contributed by atoms with Gasteiger partial charge in [-0.2, -0.15) is 0 Å². The van der Waals surface area contributed by atoms with Crippen LogP contribution in [-0.4, -0.2) is 14.0 Å². The molecular weight excluding hydrogens is 150 g/mol. The van der Waals surface area contributed by atoms with E-state index in [0.717, 1.165) is 5.82 Å². The maximum Gasteiger partial charge on any atom is 0.135 e.